The van der Waals surface area contributed by atoms with E-state index in [1.165, 1.54) is 11.1 Å². The molecule has 0 saturated heterocycles. The van der Waals surface area contributed by atoms with Gasteiger partial charge in [0.1, 0.15) is 11.9 Å². The summed E-state index contributed by atoms with van der Waals surface area (Å²) in [5.41, 5.74) is 2.68. The molecule has 0 N–H and O–H groups in total. The first-order chi connectivity index (χ1) is 7.79. The van der Waals surface area contributed by atoms with E-state index in [0.717, 1.165) is 36.0 Å². The molecule has 0 amide bonds. The van der Waals surface area contributed by atoms with Gasteiger partial charge in [0.2, 0.25) is 0 Å². The summed E-state index contributed by atoms with van der Waals surface area (Å²) in [6.07, 6.45) is 2.51. The molecule has 0 bridgehead atoms. The maximum Gasteiger partial charge on any atom is 0.123 e. The van der Waals surface area contributed by atoms with Gasteiger partial charge >= 0.3 is 0 Å². The van der Waals surface area contributed by atoms with Crippen LogP contribution in [0.4, 0.5) is 0 Å². The van der Waals surface area contributed by atoms with Crippen molar-refractivity contribution in [2.45, 2.75) is 25.9 Å². The number of fused-ring (bicyclic) bond motifs is 1. The molecule has 0 spiro atoms. The summed E-state index contributed by atoms with van der Waals surface area (Å²) >= 11 is 7.58. The predicted molar refractivity (Wildman–Crippen MR) is 72.0 cm³/mol. The first-order valence-corrected chi connectivity index (χ1v) is 7.38. The number of halogens is 1. The molecule has 1 atom stereocenters. The standard InChI is InChI=1S/C13H17ClOS/c1-10-3-4-13-11(7-10)8-12(15-13)9-16-6-2-5-14/h3-4,7,12H,2,5-6,8-9H2,1H3. The smallest absolute Gasteiger partial charge is 0.123 e. The third-order valence-electron chi connectivity index (χ3n) is 2.68. The molecule has 2 rings (SSSR count). The third-order valence-corrected chi connectivity index (χ3v) is 4.14. The van der Waals surface area contributed by atoms with Gasteiger partial charge in [-0.3, -0.25) is 0 Å². The predicted octanol–water partition coefficient (Wildman–Crippen LogP) is 3.66. The lowest BCUT2D eigenvalue weighted by atomic mass is 10.1. The summed E-state index contributed by atoms with van der Waals surface area (Å²) in [7, 11) is 0. The Hall–Kier alpha value is -0.340. The molecule has 0 radical (unpaired) electrons. The van der Waals surface area contributed by atoms with Gasteiger partial charge in [0, 0.05) is 18.1 Å². The van der Waals surface area contributed by atoms with Crippen LogP contribution in [0.2, 0.25) is 0 Å². The molecule has 1 aromatic rings. The van der Waals surface area contributed by atoms with Crippen LogP contribution in [0.1, 0.15) is 17.5 Å². The Kier molecular flexibility index (Phi) is 4.42. The average Bonchev–Trinajstić information content (AvgIpc) is 2.66. The maximum absolute atomic E-state index is 5.89. The van der Waals surface area contributed by atoms with Gasteiger partial charge in [-0.15, -0.1) is 11.6 Å². The topological polar surface area (TPSA) is 9.23 Å². The van der Waals surface area contributed by atoms with E-state index >= 15 is 0 Å². The van der Waals surface area contributed by atoms with Crippen molar-refractivity contribution in [2.24, 2.45) is 0 Å². The van der Waals surface area contributed by atoms with Crippen molar-refractivity contribution < 1.29 is 4.74 Å². The molecule has 0 saturated carbocycles. The fourth-order valence-corrected chi connectivity index (χ4v) is 3.17. The molecule has 0 fully saturated rings. The molecule has 3 heteroatoms. The molecule has 1 unspecified atom stereocenters. The second kappa shape index (κ2) is 5.83. The average molecular weight is 257 g/mol. The summed E-state index contributed by atoms with van der Waals surface area (Å²) < 4.78 is 5.89. The highest BCUT2D eigenvalue weighted by Crippen LogP contribution is 2.30. The van der Waals surface area contributed by atoms with E-state index < -0.39 is 0 Å². The lowest BCUT2D eigenvalue weighted by Gasteiger charge is -2.09. The second-order valence-electron chi connectivity index (χ2n) is 4.17. The van der Waals surface area contributed by atoms with E-state index in [1.807, 2.05) is 11.8 Å². The Morgan fingerprint density at radius 1 is 1.50 bits per heavy atom. The number of hydrogen-bond acceptors (Lipinski definition) is 2. The highest BCUT2D eigenvalue weighted by atomic mass is 35.5. The van der Waals surface area contributed by atoms with Crippen LogP contribution in [0.25, 0.3) is 0 Å². The molecule has 1 aliphatic rings. The first-order valence-electron chi connectivity index (χ1n) is 5.69. The number of ether oxygens (including phenoxy) is 1. The van der Waals surface area contributed by atoms with E-state index in [-0.39, 0.29) is 0 Å². The summed E-state index contributed by atoms with van der Waals surface area (Å²) in [5, 5.41) is 0. The Balaban J connectivity index is 1.81. The van der Waals surface area contributed by atoms with Gasteiger partial charge in [-0.05, 0) is 30.7 Å². The van der Waals surface area contributed by atoms with Crippen LogP contribution in [-0.4, -0.2) is 23.5 Å². The lowest BCUT2D eigenvalue weighted by molar-refractivity contribution is 0.259. The zero-order valence-electron chi connectivity index (χ0n) is 9.54. The highest BCUT2D eigenvalue weighted by Gasteiger charge is 2.22. The lowest BCUT2D eigenvalue weighted by Crippen LogP contribution is -2.16. The van der Waals surface area contributed by atoms with Crippen molar-refractivity contribution in [3.8, 4) is 5.75 Å². The minimum atomic E-state index is 0.358. The maximum atomic E-state index is 5.89. The zero-order valence-corrected chi connectivity index (χ0v) is 11.1. The quantitative estimate of drug-likeness (QED) is 0.587. The van der Waals surface area contributed by atoms with Crippen molar-refractivity contribution >= 4 is 23.4 Å². The third kappa shape index (κ3) is 3.08. The van der Waals surface area contributed by atoms with E-state index in [0.29, 0.717) is 6.10 Å². The molecule has 0 aromatic heterocycles. The van der Waals surface area contributed by atoms with Gasteiger partial charge in [0.25, 0.3) is 0 Å². The number of hydrogen-bond donors (Lipinski definition) is 0. The monoisotopic (exact) mass is 256 g/mol. The molecule has 1 nitrogen and oxygen atoms in total. The fourth-order valence-electron chi connectivity index (χ4n) is 1.91. The van der Waals surface area contributed by atoms with Crippen molar-refractivity contribution in [3.63, 3.8) is 0 Å². The Bertz CT molecular complexity index is 354. The van der Waals surface area contributed by atoms with Gasteiger partial charge in [-0.1, -0.05) is 17.7 Å². The summed E-state index contributed by atoms with van der Waals surface area (Å²) in [6.45, 7) is 2.13. The minimum Gasteiger partial charge on any atom is -0.489 e. The highest BCUT2D eigenvalue weighted by molar-refractivity contribution is 7.99. The molecule has 88 valence electrons. The van der Waals surface area contributed by atoms with E-state index in [1.54, 1.807) is 0 Å². The molecule has 1 heterocycles. The molecular formula is C13H17ClOS. The minimum absolute atomic E-state index is 0.358. The SMILES string of the molecule is Cc1ccc2c(c1)CC(CSCCCCl)O2. The molecule has 16 heavy (non-hydrogen) atoms. The van der Waals surface area contributed by atoms with Crippen LogP contribution in [-0.2, 0) is 6.42 Å². The Morgan fingerprint density at radius 3 is 3.19 bits per heavy atom. The number of alkyl halides is 1. The van der Waals surface area contributed by atoms with E-state index in [9.17, 15) is 0 Å². The number of thioether (sulfide) groups is 1. The van der Waals surface area contributed by atoms with Crippen molar-refractivity contribution in [2.75, 3.05) is 17.4 Å². The fraction of sp³-hybridized carbons (Fsp3) is 0.538. The van der Waals surface area contributed by atoms with Crippen LogP contribution in [0, 0.1) is 6.92 Å². The summed E-state index contributed by atoms with van der Waals surface area (Å²) in [6, 6.07) is 6.44. The van der Waals surface area contributed by atoms with Crippen LogP contribution >= 0.6 is 23.4 Å². The van der Waals surface area contributed by atoms with Crippen LogP contribution < -0.4 is 4.74 Å². The summed E-state index contributed by atoms with van der Waals surface area (Å²) in [4.78, 5) is 0. The molecule has 0 aliphatic carbocycles. The molecule has 1 aliphatic heterocycles. The summed E-state index contributed by atoms with van der Waals surface area (Å²) in [5.74, 6) is 4.05. The zero-order chi connectivity index (χ0) is 11.4. The van der Waals surface area contributed by atoms with Gasteiger partial charge in [-0.25, -0.2) is 0 Å². The van der Waals surface area contributed by atoms with Crippen molar-refractivity contribution in [1.82, 2.24) is 0 Å². The van der Waals surface area contributed by atoms with Gasteiger partial charge in [0.15, 0.2) is 0 Å². The Labute approximate surface area is 107 Å². The Morgan fingerprint density at radius 2 is 2.38 bits per heavy atom. The van der Waals surface area contributed by atoms with Gasteiger partial charge in [0.05, 0.1) is 0 Å². The van der Waals surface area contributed by atoms with Crippen LogP contribution in [0.5, 0.6) is 5.75 Å². The number of rotatable bonds is 5. The second-order valence-corrected chi connectivity index (χ2v) is 5.70. The largest absolute Gasteiger partial charge is 0.489 e. The van der Waals surface area contributed by atoms with Crippen molar-refractivity contribution in [3.05, 3.63) is 29.3 Å². The van der Waals surface area contributed by atoms with E-state index in [4.69, 9.17) is 16.3 Å². The first kappa shape index (κ1) is 12.1. The van der Waals surface area contributed by atoms with Gasteiger partial charge < -0.3 is 4.74 Å². The van der Waals surface area contributed by atoms with E-state index in [2.05, 4.69) is 25.1 Å². The van der Waals surface area contributed by atoms with Gasteiger partial charge in [-0.2, -0.15) is 11.8 Å². The molecular weight excluding hydrogens is 240 g/mol. The molecule has 1 aromatic carbocycles. The number of aryl methyl sites for hydroxylation is 1. The van der Waals surface area contributed by atoms with Crippen molar-refractivity contribution in [1.29, 1.82) is 0 Å². The van der Waals surface area contributed by atoms with Crippen LogP contribution in [0.3, 0.4) is 0 Å². The normalized spacial score (nSPS) is 18.2. The van der Waals surface area contributed by atoms with Crippen LogP contribution in [0.15, 0.2) is 18.2 Å². The number of benzene rings is 1.